The van der Waals surface area contributed by atoms with Crippen LogP contribution < -0.4 is 10.9 Å². The van der Waals surface area contributed by atoms with Crippen molar-refractivity contribution < 1.29 is 9.21 Å². The van der Waals surface area contributed by atoms with Gasteiger partial charge in [-0.2, -0.15) is 0 Å². The number of aromatic nitrogens is 3. The number of imidazole rings is 1. The summed E-state index contributed by atoms with van der Waals surface area (Å²) in [5.74, 6) is 0.0340. The summed E-state index contributed by atoms with van der Waals surface area (Å²) in [6, 6.07) is 20.4. The van der Waals surface area contributed by atoms with Gasteiger partial charge in [-0.25, -0.2) is 9.78 Å². The van der Waals surface area contributed by atoms with E-state index in [9.17, 15) is 9.59 Å². The molecular formula is C24H18N4O3. The van der Waals surface area contributed by atoms with E-state index in [1.165, 1.54) is 6.26 Å². The molecule has 0 atom stereocenters. The molecule has 0 aliphatic carbocycles. The first-order chi connectivity index (χ1) is 15.2. The molecule has 2 aromatic carbocycles. The van der Waals surface area contributed by atoms with E-state index in [0.717, 1.165) is 16.7 Å². The molecule has 0 spiro atoms. The highest BCUT2D eigenvalue weighted by Gasteiger charge is 2.18. The van der Waals surface area contributed by atoms with Crippen molar-refractivity contribution in [1.29, 1.82) is 0 Å². The highest BCUT2D eigenvalue weighted by molar-refractivity contribution is 6.12. The molecule has 7 heteroatoms. The molecule has 0 radical (unpaired) electrons. The molecule has 0 saturated carbocycles. The maximum atomic E-state index is 13.1. The van der Waals surface area contributed by atoms with E-state index in [1.54, 1.807) is 30.5 Å². The molecule has 0 saturated heterocycles. The predicted molar refractivity (Wildman–Crippen MR) is 118 cm³/mol. The number of amides is 1. The third-order valence-corrected chi connectivity index (χ3v) is 5.16. The number of para-hydroxylation sites is 2. The van der Waals surface area contributed by atoms with Gasteiger partial charge in [-0.15, -0.1) is 0 Å². The second kappa shape index (κ2) is 7.87. The van der Waals surface area contributed by atoms with Gasteiger partial charge in [0.15, 0.2) is 0 Å². The number of hydrogen-bond acceptors (Lipinski definition) is 5. The van der Waals surface area contributed by atoms with Crippen molar-refractivity contribution >= 4 is 33.7 Å². The van der Waals surface area contributed by atoms with Gasteiger partial charge in [0, 0.05) is 30.2 Å². The van der Waals surface area contributed by atoms with Crippen LogP contribution in [0.3, 0.4) is 0 Å². The van der Waals surface area contributed by atoms with Crippen molar-refractivity contribution in [3.8, 4) is 0 Å². The van der Waals surface area contributed by atoms with Crippen LogP contribution in [0.4, 0.5) is 5.95 Å². The van der Waals surface area contributed by atoms with Gasteiger partial charge in [0.05, 0.1) is 22.0 Å². The summed E-state index contributed by atoms with van der Waals surface area (Å²) in [6.07, 6.45) is 3.65. The van der Waals surface area contributed by atoms with E-state index < -0.39 is 11.5 Å². The van der Waals surface area contributed by atoms with Crippen LogP contribution in [-0.4, -0.2) is 20.4 Å². The van der Waals surface area contributed by atoms with Gasteiger partial charge in [-0.3, -0.25) is 15.1 Å². The molecule has 0 bridgehead atoms. The fourth-order valence-electron chi connectivity index (χ4n) is 3.65. The molecule has 0 fully saturated rings. The minimum atomic E-state index is -0.477. The standard InChI is InChI=1S/C24H18N4O3/c29-22(19-15-31-23(30)18-9-2-1-8-17(18)19)27-24-26-20-10-3-4-11-21(20)28(24)14-12-16-7-5-6-13-25-16/h1-11,13,15H,12,14H2,(H,26,27,29). The van der Waals surface area contributed by atoms with E-state index in [-0.39, 0.29) is 5.56 Å². The highest BCUT2D eigenvalue weighted by atomic mass is 16.4. The van der Waals surface area contributed by atoms with Crippen LogP contribution in [0, 0.1) is 0 Å². The Morgan fingerprint density at radius 1 is 0.968 bits per heavy atom. The quantitative estimate of drug-likeness (QED) is 0.472. The van der Waals surface area contributed by atoms with Crippen LogP contribution >= 0.6 is 0 Å². The highest BCUT2D eigenvalue weighted by Crippen LogP contribution is 2.22. The third kappa shape index (κ3) is 3.57. The van der Waals surface area contributed by atoms with Gasteiger partial charge in [0.2, 0.25) is 5.95 Å². The Labute approximate surface area is 177 Å². The number of carbonyl (C=O) groups excluding carboxylic acids is 1. The Morgan fingerprint density at radius 3 is 2.58 bits per heavy atom. The second-order valence-corrected chi connectivity index (χ2v) is 7.08. The maximum Gasteiger partial charge on any atom is 0.343 e. The second-order valence-electron chi connectivity index (χ2n) is 7.08. The molecule has 1 N–H and O–H groups in total. The zero-order valence-corrected chi connectivity index (χ0v) is 16.5. The lowest BCUT2D eigenvalue weighted by Gasteiger charge is -2.11. The molecule has 1 amide bonds. The number of aryl methyl sites for hydroxylation is 2. The fraction of sp³-hybridized carbons (Fsp3) is 0.0833. The summed E-state index contributed by atoms with van der Waals surface area (Å²) in [7, 11) is 0. The van der Waals surface area contributed by atoms with Crippen LogP contribution in [0.5, 0.6) is 0 Å². The monoisotopic (exact) mass is 410 g/mol. The summed E-state index contributed by atoms with van der Waals surface area (Å²) in [5, 5.41) is 3.79. The van der Waals surface area contributed by atoms with Crippen molar-refractivity contribution in [3.05, 3.63) is 101 Å². The fourth-order valence-corrected chi connectivity index (χ4v) is 3.65. The summed E-state index contributed by atoms with van der Waals surface area (Å²) >= 11 is 0. The molecule has 3 aromatic heterocycles. The number of nitrogens with one attached hydrogen (secondary N) is 1. The number of nitrogens with zero attached hydrogens (tertiary/aromatic N) is 3. The lowest BCUT2D eigenvalue weighted by atomic mass is 10.1. The first-order valence-electron chi connectivity index (χ1n) is 9.88. The maximum absolute atomic E-state index is 13.1. The van der Waals surface area contributed by atoms with Crippen molar-refractivity contribution in [2.45, 2.75) is 13.0 Å². The molecule has 5 aromatic rings. The topological polar surface area (TPSA) is 90.0 Å². The van der Waals surface area contributed by atoms with Gasteiger partial charge >= 0.3 is 5.63 Å². The van der Waals surface area contributed by atoms with Gasteiger partial charge in [-0.05, 0) is 30.3 Å². The number of fused-ring (bicyclic) bond motifs is 2. The summed E-state index contributed by atoms with van der Waals surface area (Å²) in [4.78, 5) is 34.1. The van der Waals surface area contributed by atoms with E-state index in [0.29, 0.717) is 29.7 Å². The summed E-state index contributed by atoms with van der Waals surface area (Å²) < 4.78 is 7.03. The largest absolute Gasteiger partial charge is 0.430 e. The zero-order chi connectivity index (χ0) is 21.2. The minimum Gasteiger partial charge on any atom is -0.430 e. The van der Waals surface area contributed by atoms with Crippen LogP contribution in [-0.2, 0) is 13.0 Å². The number of hydrogen-bond donors (Lipinski definition) is 1. The van der Waals surface area contributed by atoms with Crippen LogP contribution in [0.25, 0.3) is 21.8 Å². The lowest BCUT2D eigenvalue weighted by Crippen LogP contribution is -2.18. The minimum absolute atomic E-state index is 0.276. The van der Waals surface area contributed by atoms with Crippen LogP contribution in [0.1, 0.15) is 16.1 Å². The smallest absolute Gasteiger partial charge is 0.343 e. The zero-order valence-electron chi connectivity index (χ0n) is 16.5. The van der Waals surface area contributed by atoms with Gasteiger partial charge in [0.25, 0.3) is 5.91 Å². The van der Waals surface area contributed by atoms with Crippen LogP contribution in [0.15, 0.2) is 88.4 Å². The number of anilines is 1. The Morgan fingerprint density at radius 2 is 1.74 bits per heavy atom. The van der Waals surface area contributed by atoms with E-state index in [4.69, 9.17) is 4.42 Å². The van der Waals surface area contributed by atoms with Crippen molar-refractivity contribution in [3.63, 3.8) is 0 Å². The molecule has 0 aliphatic rings. The molecule has 31 heavy (non-hydrogen) atoms. The van der Waals surface area contributed by atoms with E-state index in [1.807, 2.05) is 47.0 Å². The average molecular weight is 410 g/mol. The average Bonchev–Trinajstić information content (AvgIpc) is 3.15. The summed E-state index contributed by atoms with van der Waals surface area (Å²) in [6.45, 7) is 0.595. The Hall–Kier alpha value is -4.26. The van der Waals surface area contributed by atoms with Gasteiger partial charge in [0.1, 0.15) is 6.26 Å². The molecule has 7 nitrogen and oxygen atoms in total. The Kier molecular flexibility index (Phi) is 4.76. The number of pyridine rings is 1. The SMILES string of the molecule is O=C(Nc1nc2ccccc2n1CCc1ccccn1)c1coc(=O)c2ccccc12. The van der Waals surface area contributed by atoms with Gasteiger partial charge in [-0.1, -0.05) is 36.4 Å². The molecule has 5 rings (SSSR count). The normalized spacial score (nSPS) is 11.1. The van der Waals surface area contributed by atoms with E-state index in [2.05, 4.69) is 15.3 Å². The molecule has 3 heterocycles. The van der Waals surface area contributed by atoms with Crippen molar-refractivity contribution in [2.24, 2.45) is 0 Å². The first-order valence-corrected chi connectivity index (χ1v) is 9.88. The predicted octanol–water partition coefficient (Wildman–Crippen LogP) is 4.03. The van der Waals surface area contributed by atoms with Gasteiger partial charge < -0.3 is 8.98 Å². The summed E-state index contributed by atoms with van der Waals surface area (Å²) in [5.41, 5.74) is 2.45. The van der Waals surface area contributed by atoms with Crippen LogP contribution in [0.2, 0.25) is 0 Å². The number of carbonyl (C=O) groups is 1. The lowest BCUT2D eigenvalue weighted by molar-refractivity contribution is 0.102. The molecule has 152 valence electrons. The molecular weight excluding hydrogens is 392 g/mol. The number of rotatable bonds is 5. The van der Waals surface area contributed by atoms with E-state index >= 15 is 0 Å². The molecule has 0 unspecified atom stereocenters. The first kappa shape index (κ1) is 18.7. The molecule has 0 aliphatic heterocycles. The third-order valence-electron chi connectivity index (χ3n) is 5.16. The number of benzene rings is 2. The van der Waals surface area contributed by atoms with Crippen molar-refractivity contribution in [2.75, 3.05) is 5.32 Å². The Balaban J connectivity index is 1.51. The Bertz CT molecular complexity index is 1450. The van der Waals surface area contributed by atoms with Crippen molar-refractivity contribution in [1.82, 2.24) is 14.5 Å².